The van der Waals surface area contributed by atoms with Gasteiger partial charge in [0.15, 0.2) is 0 Å². The van der Waals surface area contributed by atoms with E-state index in [1.165, 1.54) is 5.57 Å². The number of methoxy groups -OCH3 is 1. The molecule has 11 atom stereocenters. The van der Waals surface area contributed by atoms with Crippen molar-refractivity contribution in [3.8, 4) is 0 Å². The topological polar surface area (TPSA) is 82.1 Å². The molecule has 5 rings (SSSR count). The molecule has 0 unspecified atom stereocenters. The van der Waals surface area contributed by atoms with Gasteiger partial charge >= 0.3 is 5.97 Å². The molecule has 6 heteroatoms. The Morgan fingerprint density at radius 1 is 1.13 bits per heavy atom. The highest BCUT2D eigenvalue weighted by Crippen LogP contribution is 2.74. The summed E-state index contributed by atoms with van der Waals surface area (Å²) in [5, 5.41) is 10.9. The Hall–Kier alpha value is -1.24. The van der Waals surface area contributed by atoms with E-state index in [9.17, 15) is 14.7 Å². The van der Waals surface area contributed by atoms with Crippen LogP contribution in [-0.2, 0) is 23.8 Å². The summed E-state index contributed by atoms with van der Waals surface area (Å²) in [5.41, 5.74) is 0.469. The van der Waals surface area contributed by atoms with Crippen LogP contribution in [0.4, 0.5) is 0 Å². The summed E-state index contributed by atoms with van der Waals surface area (Å²) in [5.74, 6) is 0.487. The second-order valence-corrected chi connectivity index (χ2v) is 15.2. The summed E-state index contributed by atoms with van der Waals surface area (Å²) in [6.07, 6.45) is 8.78. The number of fused-ring (bicyclic) bond motifs is 3. The fourth-order valence-corrected chi connectivity index (χ4v) is 11.2. The van der Waals surface area contributed by atoms with Gasteiger partial charge in [-0.15, -0.1) is 0 Å². The number of carboxylic acids is 1. The molecule has 1 heterocycles. The van der Waals surface area contributed by atoms with Crippen LogP contribution < -0.4 is 0 Å². The van der Waals surface area contributed by atoms with Gasteiger partial charge in [0.2, 0.25) is 0 Å². The molecule has 1 saturated heterocycles. The lowest BCUT2D eigenvalue weighted by Crippen LogP contribution is -2.70. The number of aldehydes is 1. The smallest absolute Gasteiger partial charge is 0.307 e. The fraction of sp³-hybridized carbons (Fsp3) is 0.879. The Bertz CT molecular complexity index is 1020. The summed E-state index contributed by atoms with van der Waals surface area (Å²) < 4.78 is 18.7. The maximum absolute atomic E-state index is 13.2. The zero-order chi connectivity index (χ0) is 28.6. The van der Waals surface area contributed by atoms with E-state index in [0.717, 1.165) is 44.8 Å². The van der Waals surface area contributed by atoms with E-state index in [2.05, 4.69) is 54.5 Å². The van der Waals surface area contributed by atoms with Crippen molar-refractivity contribution in [3.05, 3.63) is 11.6 Å². The monoisotopic (exact) mass is 544 g/mol. The molecular formula is C33H52O6. The third-order valence-corrected chi connectivity index (χ3v) is 13.7. The van der Waals surface area contributed by atoms with Gasteiger partial charge in [0.25, 0.3) is 0 Å². The average Bonchev–Trinajstić information content (AvgIpc) is 2.87. The molecule has 1 N–H and O–H groups in total. The molecule has 0 radical (unpaired) electrons. The van der Waals surface area contributed by atoms with Crippen LogP contribution in [0, 0.1) is 56.7 Å². The number of hydrogen-bond acceptors (Lipinski definition) is 5. The molecule has 0 spiro atoms. The van der Waals surface area contributed by atoms with Crippen molar-refractivity contribution < 1.29 is 28.9 Å². The summed E-state index contributed by atoms with van der Waals surface area (Å²) in [6.45, 7) is 17.4. The number of carboxylic acid groups (broad SMARTS) is 1. The van der Waals surface area contributed by atoms with Crippen LogP contribution in [0.3, 0.4) is 0 Å². The van der Waals surface area contributed by atoms with Gasteiger partial charge in [-0.1, -0.05) is 60.1 Å². The quantitative estimate of drug-likeness (QED) is 0.305. The largest absolute Gasteiger partial charge is 0.481 e. The normalized spacial score (nSPS) is 49.8. The second-order valence-electron chi connectivity index (χ2n) is 15.2. The molecule has 0 aromatic heterocycles. The van der Waals surface area contributed by atoms with E-state index < -0.39 is 5.97 Å². The van der Waals surface area contributed by atoms with Gasteiger partial charge in [0, 0.05) is 17.9 Å². The SMILES string of the molecule is CO[C@@H]1C[C@]23COC[C@](C)([C@@H]2CC[C@H]2C3=CC[C@@]3(C)[C@H](C(=O)O)[C@@](C)([C@H](C)C(C)C)CC[C@]23C)[C@H]1OCC=O. The summed E-state index contributed by atoms with van der Waals surface area (Å²) >= 11 is 0. The highest BCUT2D eigenvalue weighted by molar-refractivity contribution is 5.73. The van der Waals surface area contributed by atoms with Crippen molar-refractivity contribution >= 4 is 12.3 Å². The molecule has 3 saturated carbocycles. The Labute approximate surface area is 235 Å². The average molecular weight is 545 g/mol. The van der Waals surface area contributed by atoms with Crippen molar-refractivity contribution in [1.29, 1.82) is 0 Å². The predicted molar refractivity (Wildman–Crippen MR) is 150 cm³/mol. The number of hydrogen-bond donors (Lipinski definition) is 1. The molecule has 4 fully saturated rings. The minimum atomic E-state index is -0.622. The highest BCUT2D eigenvalue weighted by Gasteiger charge is 2.71. The van der Waals surface area contributed by atoms with Gasteiger partial charge in [0.05, 0.1) is 31.3 Å². The van der Waals surface area contributed by atoms with E-state index in [-0.39, 0.29) is 51.8 Å². The zero-order valence-corrected chi connectivity index (χ0v) is 25.5. The van der Waals surface area contributed by atoms with E-state index in [1.807, 2.05) is 0 Å². The van der Waals surface area contributed by atoms with Crippen LogP contribution in [0.5, 0.6) is 0 Å². The maximum atomic E-state index is 13.2. The molecule has 1 aliphatic heterocycles. The lowest BCUT2D eigenvalue weighted by molar-refractivity contribution is -0.265. The number of allylic oxidation sites excluding steroid dienone is 1. The lowest BCUT2D eigenvalue weighted by atomic mass is 9.34. The van der Waals surface area contributed by atoms with Crippen LogP contribution in [-0.4, -0.2) is 56.5 Å². The van der Waals surface area contributed by atoms with E-state index >= 15 is 0 Å². The molecule has 220 valence electrons. The van der Waals surface area contributed by atoms with Crippen molar-refractivity contribution in [1.82, 2.24) is 0 Å². The maximum Gasteiger partial charge on any atom is 0.307 e. The molecule has 4 aliphatic carbocycles. The lowest BCUT2D eigenvalue weighted by Gasteiger charge is -2.71. The molecule has 6 nitrogen and oxygen atoms in total. The molecular weight excluding hydrogens is 492 g/mol. The number of aliphatic carboxylic acids is 1. The number of carbonyl (C=O) groups is 2. The van der Waals surface area contributed by atoms with Crippen molar-refractivity contribution in [2.24, 2.45) is 56.7 Å². The van der Waals surface area contributed by atoms with Gasteiger partial charge in [-0.3, -0.25) is 4.79 Å². The Morgan fingerprint density at radius 2 is 1.85 bits per heavy atom. The van der Waals surface area contributed by atoms with E-state index in [4.69, 9.17) is 14.2 Å². The molecule has 0 aromatic rings. The zero-order valence-electron chi connectivity index (χ0n) is 25.5. The highest BCUT2D eigenvalue weighted by atomic mass is 16.5. The Kier molecular flexibility index (Phi) is 7.25. The van der Waals surface area contributed by atoms with Crippen molar-refractivity contribution in [3.63, 3.8) is 0 Å². The van der Waals surface area contributed by atoms with E-state index in [0.29, 0.717) is 36.9 Å². The first-order chi connectivity index (χ1) is 18.3. The van der Waals surface area contributed by atoms with Crippen LogP contribution in [0.2, 0.25) is 0 Å². The van der Waals surface area contributed by atoms with Gasteiger partial charge in [-0.2, -0.15) is 0 Å². The van der Waals surface area contributed by atoms with Crippen molar-refractivity contribution in [2.45, 2.75) is 99.2 Å². The first-order valence-electron chi connectivity index (χ1n) is 15.4. The fourth-order valence-electron chi connectivity index (χ4n) is 11.2. The molecule has 0 aromatic carbocycles. The first kappa shape index (κ1) is 29.3. The van der Waals surface area contributed by atoms with Crippen LogP contribution in [0.25, 0.3) is 0 Å². The number of ether oxygens (including phenoxy) is 3. The minimum Gasteiger partial charge on any atom is -0.481 e. The number of carbonyl (C=O) groups excluding carboxylic acids is 1. The van der Waals surface area contributed by atoms with Gasteiger partial charge in [-0.05, 0) is 78.4 Å². The molecule has 0 amide bonds. The molecule has 2 bridgehead atoms. The van der Waals surface area contributed by atoms with Crippen LogP contribution >= 0.6 is 0 Å². The standard InChI is InChI=1S/C33H52O6/c1-20(2)21(3)29(4)13-14-31(6)22-9-10-25-30(5)18-38-19-33(25,17-24(37-8)27(30)39-16-15-34)23(22)11-12-32(31,7)26(29)28(35)36/h11,15,20-22,24-27H,9-10,12-14,16-19H2,1-8H3,(H,35,36)/t21-,22+,24-,25+,26-,27+,29-,30-,31-,32+,33-/m1/s1. The molecule has 39 heavy (non-hydrogen) atoms. The van der Waals surface area contributed by atoms with E-state index in [1.54, 1.807) is 7.11 Å². The third kappa shape index (κ3) is 3.75. The third-order valence-electron chi connectivity index (χ3n) is 13.7. The second kappa shape index (κ2) is 9.66. The summed E-state index contributed by atoms with van der Waals surface area (Å²) in [4.78, 5) is 24.4. The van der Waals surface area contributed by atoms with Gasteiger partial charge in [-0.25, -0.2) is 0 Å². The molecule has 5 aliphatic rings. The summed E-state index contributed by atoms with van der Waals surface area (Å²) in [7, 11) is 1.77. The van der Waals surface area contributed by atoms with Gasteiger partial charge in [0.1, 0.15) is 12.9 Å². The Balaban J connectivity index is 1.60. The van der Waals surface area contributed by atoms with Gasteiger partial charge < -0.3 is 24.1 Å². The Morgan fingerprint density at radius 3 is 2.46 bits per heavy atom. The number of rotatable bonds is 7. The van der Waals surface area contributed by atoms with Crippen LogP contribution in [0.1, 0.15) is 87.0 Å². The first-order valence-corrected chi connectivity index (χ1v) is 15.4. The van der Waals surface area contributed by atoms with Crippen LogP contribution in [0.15, 0.2) is 11.6 Å². The van der Waals surface area contributed by atoms with Crippen molar-refractivity contribution in [2.75, 3.05) is 26.9 Å². The summed E-state index contributed by atoms with van der Waals surface area (Å²) in [6, 6.07) is 0. The predicted octanol–water partition coefficient (Wildman–Crippen LogP) is 6.17. The minimum absolute atomic E-state index is 0.0751.